The summed E-state index contributed by atoms with van der Waals surface area (Å²) in [5.41, 5.74) is 2.03. The highest BCUT2D eigenvalue weighted by Gasteiger charge is 2.19. The first-order chi connectivity index (χ1) is 15.0. The monoisotopic (exact) mass is 436 g/mol. The maximum Gasteiger partial charge on any atom is 0.234 e. The van der Waals surface area contributed by atoms with Gasteiger partial charge in [0.25, 0.3) is 0 Å². The van der Waals surface area contributed by atoms with Crippen molar-refractivity contribution in [3.63, 3.8) is 0 Å². The fourth-order valence-corrected chi connectivity index (χ4v) is 3.80. The molecule has 0 radical (unpaired) electrons. The summed E-state index contributed by atoms with van der Waals surface area (Å²) >= 11 is 1.34. The molecule has 1 N–H and O–H groups in total. The first-order valence-electron chi connectivity index (χ1n) is 10.3. The molecule has 162 valence electrons. The van der Waals surface area contributed by atoms with Gasteiger partial charge in [-0.15, -0.1) is 16.8 Å². The van der Waals surface area contributed by atoms with Gasteiger partial charge in [-0.2, -0.15) is 0 Å². The number of hydrogen-bond donors (Lipinski definition) is 1. The molecular formula is C24H28N4O2S. The van der Waals surface area contributed by atoms with E-state index in [1.165, 1.54) is 17.3 Å². The molecule has 1 unspecified atom stereocenters. The van der Waals surface area contributed by atoms with Gasteiger partial charge in [-0.05, 0) is 42.7 Å². The second-order valence-electron chi connectivity index (χ2n) is 7.43. The van der Waals surface area contributed by atoms with Crippen molar-refractivity contribution in [1.29, 1.82) is 0 Å². The minimum atomic E-state index is -0.294. The lowest BCUT2D eigenvalue weighted by Crippen LogP contribution is -2.15. The Bertz CT molecular complexity index is 1000. The smallest absolute Gasteiger partial charge is 0.234 e. The predicted octanol–water partition coefficient (Wildman–Crippen LogP) is 5.46. The van der Waals surface area contributed by atoms with Crippen LogP contribution in [0.3, 0.4) is 0 Å². The number of nitrogens with one attached hydrogen (secondary N) is 1. The molecule has 1 aromatic heterocycles. The normalized spacial score (nSPS) is 11.9. The summed E-state index contributed by atoms with van der Waals surface area (Å²) in [6, 6.07) is 17.5. The van der Waals surface area contributed by atoms with E-state index in [0.717, 1.165) is 11.4 Å². The first kappa shape index (κ1) is 22.6. The van der Waals surface area contributed by atoms with E-state index in [1.54, 1.807) is 6.08 Å². The lowest BCUT2D eigenvalue weighted by molar-refractivity contribution is -0.113. The molecule has 0 aliphatic heterocycles. The van der Waals surface area contributed by atoms with Crippen LogP contribution in [0.2, 0.25) is 0 Å². The van der Waals surface area contributed by atoms with Crippen molar-refractivity contribution in [2.24, 2.45) is 0 Å². The molecule has 2 aromatic carbocycles. The number of nitrogens with zero attached hydrogens (tertiary/aromatic N) is 3. The average Bonchev–Trinajstić information content (AvgIpc) is 3.16. The van der Waals surface area contributed by atoms with Crippen LogP contribution in [0, 0.1) is 0 Å². The molecule has 0 spiro atoms. The highest BCUT2D eigenvalue weighted by molar-refractivity contribution is 7.99. The predicted molar refractivity (Wildman–Crippen MR) is 126 cm³/mol. The minimum absolute atomic E-state index is 0.0921. The number of carbonyl (C=O) groups is 1. The van der Waals surface area contributed by atoms with Crippen LogP contribution in [-0.2, 0) is 11.3 Å². The van der Waals surface area contributed by atoms with Crippen LogP contribution in [0.4, 0.5) is 5.69 Å². The lowest BCUT2D eigenvalue weighted by Gasteiger charge is -2.15. The van der Waals surface area contributed by atoms with E-state index in [-0.39, 0.29) is 17.8 Å². The second kappa shape index (κ2) is 10.8. The SMILES string of the molecule is C=CCn1c(SCC(=O)Nc2ccc(C(C)C)cc2)nnc1C(C)Oc1ccccc1. The molecule has 0 saturated carbocycles. The van der Waals surface area contributed by atoms with E-state index in [2.05, 4.69) is 35.9 Å². The molecule has 1 heterocycles. The number of amides is 1. The third kappa shape index (κ3) is 6.21. The number of hydrogen-bond acceptors (Lipinski definition) is 5. The summed E-state index contributed by atoms with van der Waals surface area (Å²) in [5.74, 6) is 2.05. The van der Waals surface area contributed by atoms with Gasteiger partial charge >= 0.3 is 0 Å². The molecule has 0 aliphatic rings. The van der Waals surface area contributed by atoms with Gasteiger partial charge in [0.15, 0.2) is 17.1 Å². The molecular weight excluding hydrogens is 408 g/mol. The Labute approximate surface area is 187 Å². The molecule has 1 atom stereocenters. The summed E-state index contributed by atoms with van der Waals surface area (Å²) in [6.07, 6.45) is 1.49. The zero-order valence-electron chi connectivity index (χ0n) is 18.1. The lowest BCUT2D eigenvalue weighted by atomic mass is 10.0. The Morgan fingerprint density at radius 3 is 2.48 bits per heavy atom. The van der Waals surface area contributed by atoms with E-state index in [1.807, 2.05) is 66.1 Å². The highest BCUT2D eigenvalue weighted by atomic mass is 32.2. The molecule has 0 fully saturated rings. The molecule has 0 saturated heterocycles. The van der Waals surface area contributed by atoms with E-state index in [0.29, 0.717) is 23.4 Å². The number of carbonyl (C=O) groups excluding carboxylic acids is 1. The average molecular weight is 437 g/mol. The Hall–Kier alpha value is -3.06. The zero-order chi connectivity index (χ0) is 22.2. The first-order valence-corrected chi connectivity index (χ1v) is 11.2. The van der Waals surface area contributed by atoms with Crippen LogP contribution in [0.5, 0.6) is 5.75 Å². The summed E-state index contributed by atoms with van der Waals surface area (Å²) in [7, 11) is 0. The van der Waals surface area contributed by atoms with E-state index >= 15 is 0 Å². The topological polar surface area (TPSA) is 69.0 Å². The molecule has 6 nitrogen and oxygen atoms in total. The van der Waals surface area contributed by atoms with Crippen LogP contribution in [0.15, 0.2) is 72.4 Å². The van der Waals surface area contributed by atoms with Crippen molar-refractivity contribution in [3.05, 3.63) is 78.6 Å². The largest absolute Gasteiger partial charge is 0.483 e. The number of ether oxygens (including phenoxy) is 1. The van der Waals surface area contributed by atoms with Crippen molar-refractivity contribution in [2.45, 2.75) is 44.5 Å². The van der Waals surface area contributed by atoms with Gasteiger partial charge in [0, 0.05) is 12.2 Å². The number of anilines is 1. The number of aromatic nitrogens is 3. The number of allylic oxidation sites excluding steroid dienone is 1. The quantitative estimate of drug-likeness (QED) is 0.338. The van der Waals surface area contributed by atoms with E-state index in [4.69, 9.17) is 4.74 Å². The van der Waals surface area contributed by atoms with Gasteiger partial charge in [-0.1, -0.05) is 62.0 Å². The van der Waals surface area contributed by atoms with Crippen LogP contribution in [0.1, 0.15) is 44.2 Å². The molecule has 0 aliphatic carbocycles. The van der Waals surface area contributed by atoms with Gasteiger partial charge in [0.2, 0.25) is 5.91 Å². The third-order valence-electron chi connectivity index (χ3n) is 4.67. The minimum Gasteiger partial charge on any atom is -0.483 e. The molecule has 7 heteroatoms. The maximum absolute atomic E-state index is 12.4. The van der Waals surface area contributed by atoms with Gasteiger partial charge in [0.1, 0.15) is 5.75 Å². The van der Waals surface area contributed by atoms with Gasteiger partial charge in [-0.3, -0.25) is 9.36 Å². The van der Waals surface area contributed by atoms with Crippen LogP contribution in [0.25, 0.3) is 0 Å². The second-order valence-corrected chi connectivity index (χ2v) is 8.37. The van der Waals surface area contributed by atoms with E-state index < -0.39 is 0 Å². The molecule has 1 amide bonds. The van der Waals surface area contributed by atoms with E-state index in [9.17, 15) is 4.79 Å². The summed E-state index contributed by atoms with van der Waals surface area (Å²) in [4.78, 5) is 12.4. The van der Waals surface area contributed by atoms with Crippen molar-refractivity contribution >= 4 is 23.4 Å². The van der Waals surface area contributed by atoms with Crippen LogP contribution in [-0.4, -0.2) is 26.4 Å². The van der Waals surface area contributed by atoms with Crippen molar-refractivity contribution in [2.75, 3.05) is 11.1 Å². The van der Waals surface area contributed by atoms with Gasteiger partial charge in [-0.25, -0.2) is 0 Å². The number of para-hydroxylation sites is 1. The molecule has 0 bridgehead atoms. The standard InChI is InChI=1S/C24H28N4O2S/c1-5-15-28-23(18(4)30-21-9-7-6-8-10-21)26-27-24(28)31-16-22(29)25-20-13-11-19(12-14-20)17(2)3/h5-14,17-18H,1,15-16H2,2-4H3,(H,25,29). The van der Waals surface area contributed by atoms with Crippen molar-refractivity contribution in [3.8, 4) is 5.75 Å². The summed E-state index contributed by atoms with van der Waals surface area (Å²) in [6.45, 7) is 10.6. The van der Waals surface area contributed by atoms with Gasteiger partial charge < -0.3 is 10.1 Å². The summed E-state index contributed by atoms with van der Waals surface area (Å²) < 4.78 is 7.91. The Morgan fingerprint density at radius 2 is 1.84 bits per heavy atom. The molecule has 3 aromatic rings. The Morgan fingerprint density at radius 1 is 1.13 bits per heavy atom. The van der Waals surface area contributed by atoms with Gasteiger partial charge in [0.05, 0.1) is 5.75 Å². The number of thioether (sulfide) groups is 1. The van der Waals surface area contributed by atoms with Crippen LogP contribution >= 0.6 is 11.8 Å². The maximum atomic E-state index is 12.4. The fraction of sp³-hybridized carbons (Fsp3) is 0.292. The summed E-state index contributed by atoms with van der Waals surface area (Å²) in [5, 5.41) is 12.2. The Kier molecular flexibility index (Phi) is 7.89. The van der Waals surface area contributed by atoms with Crippen LogP contribution < -0.4 is 10.1 Å². The highest BCUT2D eigenvalue weighted by Crippen LogP contribution is 2.25. The zero-order valence-corrected chi connectivity index (χ0v) is 18.9. The third-order valence-corrected chi connectivity index (χ3v) is 5.64. The van der Waals surface area contributed by atoms with Crippen molar-refractivity contribution in [1.82, 2.24) is 14.8 Å². The number of benzene rings is 2. The number of rotatable bonds is 10. The fourth-order valence-electron chi connectivity index (χ4n) is 3.04. The Balaban J connectivity index is 1.63. The molecule has 3 rings (SSSR count). The molecule has 31 heavy (non-hydrogen) atoms. The van der Waals surface area contributed by atoms with Crippen molar-refractivity contribution < 1.29 is 9.53 Å².